The number of carbonyl (C=O) groups is 3. The first-order valence-corrected chi connectivity index (χ1v) is 9.99. The smallest absolute Gasteiger partial charge is 0.253 e. The summed E-state index contributed by atoms with van der Waals surface area (Å²) < 4.78 is 5.11. The normalized spacial score (nSPS) is 14.0. The predicted molar refractivity (Wildman–Crippen MR) is 107 cm³/mol. The Labute approximate surface area is 167 Å². The zero-order chi connectivity index (χ0) is 20.5. The Hall–Kier alpha value is -2.57. The summed E-state index contributed by atoms with van der Waals surface area (Å²) in [4.78, 5) is 42.3. The molecule has 1 aromatic carbocycles. The molecule has 154 valence electrons. The van der Waals surface area contributed by atoms with Crippen LogP contribution in [0.2, 0.25) is 0 Å². The monoisotopic (exact) mass is 389 g/mol. The van der Waals surface area contributed by atoms with E-state index in [-0.39, 0.29) is 17.7 Å². The van der Waals surface area contributed by atoms with E-state index >= 15 is 0 Å². The summed E-state index contributed by atoms with van der Waals surface area (Å²) in [5.74, 6) is 0.850. The van der Waals surface area contributed by atoms with Crippen molar-refractivity contribution < 1.29 is 19.1 Å². The van der Waals surface area contributed by atoms with E-state index in [1.165, 1.54) is 0 Å². The van der Waals surface area contributed by atoms with Crippen LogP contribution < -0.4 is 4.74 Å². The molecule has 0 saturated carbocycles. The van der Waals surface area contributed by atoms with Crippen molar-refractivity contribution in [3.63, 3.8) is 0 Å². The summed E-state index contributed by atoms with van der Waals surface area (Å²) in [6.45, 7) is 7.43. The molecule has 0 aromatic heterocycles. The van der Waals surface area contributed by atoms with E-state index in [1.807, 2.05) is 13.8 Å². The predicted octanol–water partition coefficient (Wildman–Crippen LogP) is 2.02. The van der Waals surface area contributed by atoms with Crippen LogP contribution in [0.3, 0.4) is 0 Å². The maximum Gasteiger partial charge on any atom is 0.253 e. The lowest BCUT2D eigenvalue weighted by Crippen LogP contribution is -2.50. The van der Waals surface area contributed by atoms with Gasteiger partial charge in [0.1, 0.15) is 5.75 Å². The summed E-state index contributed by atoms with van der Waals surface area (Å²) in [6, 6.07) is 7.05. The van der Waals surface area contributed by atoms with Gasteiger partial charge in [0.15, 0.2) is 0 Å². The molecule has 1 aliphatic rings. The van der Waals surface area contributed by atoms with Crippen LogP contribution >= 0.6 is 0 Å². The van der Waals surface area contributed by atoms with Crippen molar-refractivity contribution >= 4 is 17.7 Å². The number of piperazine rings is 1. The lowest BCUT2D eigenvalue weighted by molar-refractivity contribution is -0.133. The molecule has 1 aliphatic heterocycles. The quantitative estimate of drug-likeness (QED) is 0.682. The topological polar surface area (TPSA) is 70.2 Å². The fraction of sp³-hybridized carbons (Fsp3) is 0.571. The first-order chi connectivity index (χ1) is 13.5. The molecular weight excluding hydrogens is 358 g/mol. The number of amides is 3. The van der Waals surface area contributed by atoms with E-state index in [4.69, 9.17) is 4.74 Å². The van der Waals surface area contributed by atoms with Gasteiger partial charge >= 0.3 is 0 Å². The maximum absolute atomic E-state index is 12.6. The molecule has 3 amide bonds. The summed E-state index contributed by atoms with van der Waals surface area (Å²) in [7, 11) is 1.59. The van der Waals surface area contributed by atoms with Gasteiger partial charge < -0.3 is 19.4 Å². The zero-order valence-electron chi connectivity index (χ0n) is 17.1. The average molecular weight is 389 g/mol. The van der Waals surface area contributed by atoms with Gasteiger partial charge in [-0.2, -0.15) is 0 Å². The highest BCUT2D eigenvalue weighted by Gasteiger charge is 2.24. The number of benzene rings is 1. The molecule has 7 nitrogen and oxygen atoms in total. The summed E-state index contributed by atoms with van der Waals surface area (Å²) in [6.07, 6.45) is 1.35. The molecule has 1 heterocycles. The number of rotatable bonds is 8. The SMILES string of the molecule is CCN(CC)C(=O)CCCC(=O)N1CCN(C(=O)c2ccc(OC)cc2)CC1. The molecule has 1 saturated heterocycles. The molecule has 0 atom stereocenters. The lowest BCUT2D eigenvalue weighted by atomic mass is 10.1. The standard InChI is InChI=1S/C21H31N3O4/c1-4-22(5-2)19(25)7-6-8-20(26)23-13-15-24(16-14-23)21(27)17-9-11-18(28-3)12-10-17/h9-12H,4-8,13-16H2,1-3H3. The first-order valence-electron chi connectivity index (χ1n) is 9.99. The number of nitrogens with zero attached hydrogens (tertiary/aromatic N) is 3. The van der Waals surface area contributed by atoms with E-state index < -0.39 is 0 Å². The van der Waals surface area contributed by atoms with E-state index in [2.05, 4.69) is 0 Å². The minimum atomic E-state index is -0.0282. The van der Waals surface area contributed by atoms with Gasteiger partial charge in [-0.3, -0.25) is 14.4 Å². The Bertz CT molecular complexity index is 663. The fourth-order valence-electron chi connectivity index (χ4n) is 3.36. The van der Waals surface area contributed by atoms with Crippen LogP contribution in [0.5, 0.6) is 5.75 Å². The van der Waals surface area contributed by atoms with E-state index in [0.29, 0.717) is 69.8 Å². The van der Waals surface area contributed by atoms with Crippen LogP contribution in [0.25, 0.3) is 0 Å². The molecule has 0 N–H and O–H groups in total. The Balaban J connectivity index is 1.75. The molecule has 0 unspecified atom stereocenters. The molecule has 0 aliphatic carbocycles. The van der Waals surface area contributed by atoms with Crippen molar-refractivity contribution in [2.75, 3.05) is 46.4 Å². The molecule has 0 spiro atoms. The minimum absolute atomic E-state index is 0.0282. The molecule has 0 bridgehead atoms. The number of ether oxygens (including phenoxy) is 1. The van der Waals surface area contributed by atoms with Crippen molar-refractivity contribution in [1.29, 1.82) is 0 Å². The first kappa shape index (κ1) is 21.7. The van der Waals surface area contributed by atoms with Crippen LogP contribution in [0.4, 0.5) is 0 Å². The maximum atomic E-state index is 12.6. The third-order valence-corrected chi connectivity index (χ3v) is 5.15. The summed E-state index contributed by atoms with van der Waals surface area (Å²) >= 11 is 0. The second kappa shape index (κ2) is 10.7. The Morgan fingerprint density at radius 3 is 2.04 bits per heavy atom. The van der Waals surface area contributed by atoms with Crippen LogP contribution in [0, 0.1) is 0 Å². The third kappa shape index (κ3) is 5.71. The number of hydrogen-bond acceptors (Lipinski definition) is 4. The largest absolute Gasteiger partial charge is 0.497 e. The molecule has 1 fully saturated rings. The van der Waals surface area contributed by atoms with E-state index in [0.717, 1.165) is 0 Å². The van der Waals surface area contributed by atoms with Gasteiger partial charge in [0.2, 0.25) is 11.8 Å². The molecule has 1 aromatic rings. The third-order valence-electron chi connectivity index (χ3n) is 5.15. The number of hydrogen-bond donors (Lipinski definition) is 0. The molecule has 7 heteroatoms. The van der Waals surface area contributed by atoms with Gasteiger partial charge in [-0.05, 0) is 44.5 Å². The Kier molecular flexibility index (Phi) is 8.29. The van der Waals surface area contributed by atoms with Crippen molar-refractivity contribution in [1.82, 2.24) is 14.7 Å². The molecule has 2 rings (SSSR count). The Morgan fingerprint density at radius 1 is 0.929 bits per heavy atom. The molecule has 0 radical (unpaired) electrons. The highest BCUT2D eigenvalue weighted by molar-refractivity contribution is 5.94. The molecular formula is C21H31N3O4. The highest BCUT2D eigenvalue weighted by atomic mass is 16.5. The van der Waals surface area contributed by atoms with Crippen LogP contribution in [-0.4, -0.2) is 78.8 Å². The number of carbonyl (C=O) groups excluding carboxylic acids is 3. The summed E-state index contributed by atoms with van der Waals surface area (Å²) in [5, 5.41) is 0. The summed E-state index contributed by atoms with van der Waals surface area (Å²) in [5.41, 5.74) is 0.621. The second-order valence-corrected chi connectivity index (χ2v) is 6.82. The Morgan fingerprint density at radius 2 is 1.50 bits per heavy atom. The minimum Gasteiger partial charge on any atom is -0.497 e. The van der Waals surface area contributed by atoms with Gasteiger partial charge in [-0.1, -0.05) is 0 Å². The molecule has 28 heavy (non-hydrogen) atoms. The highest BCUT2D eigenvalue weighted by Crippen LogP contribution is 2.15. The van der Waals surface area contributed by atoms with Crippen molar-refractivity contribution in [3.05, 3.63) is 29.8 Å². The number of methoxy groups -OCH3 is 1. The van der Waals surface area contributed by atoms with E-state index in [9.17, 15) is 14.4 Å². The lowest BCUT2D eigenvalue weighted by Gasteiger charge is -2.35. The van der Waals surface area contributed by atoms with Gasteiger partial charge in [0, 0.05) is 57.7 Å². The van der Waals surface area contributed by atoms with Crippen LogP contribution in [0.15, 0.2) is 24.3 Å². The second-order valence-electron chi connectivity index (χ2n) is 6.82. The van der Waals surface area contributed by atoms with Gasteiger partial charge in [0.25, 0.3) is 5.91 Å². The van der Waals surface area contributed by atoms with Crippen molar-refractivity contribution in [3.8, 4) is 5.75 Å². The van der Waals surface area contributed by atoms with Gasteiger partial charge in [0.05, 0.1) is 7.11 Å². The van der Waals surface area contributed by atoms with Crippen molar-refractivity contribution in [2.45, 2.75) is 33.1 Å². The average Bonchev–Trinajstić information content (AvgIpc) is 2.74. The van der Waals surface area contributed by atoms with Gasteiger partial charge in [-0.25, -0.2) is 0 Å². The van der Waals surface area contributed by atoms with Gasteiger partial charge in [-0.15, -0.1) is 0 Å². The van der Waals surface area contributed by atoms with E-state index in [1.54, 1.807) is 46.1 Å². The van der Waals surface area contributed by atoms with Crippen molar-refractivity contribution in [2.24, 2.45) is 0 Å². The van der Waals surface area contributed by atoms with Crippen LogP contribution in [0.1, 0.15) is 43.5 Å². The zero-order valence-corrected chi connectivity index (χ0v) is 17.1. The fourth-order valence-corrected chi connectivity index (χ4v) is 3.36. The van der Waals surface area contributed by atoms with Crippen LogP contribution in [-0.2, 0) is 9.59 Å².